The fourth-order valence-corrected chi connectivity index (χ4v) is 3.09. The van der Waals surface area contributed by atoms with Crippen molar-refractivity contribution in [3.8, 4) is 0 Å². The van der Waals surface area contributed by atoms with Crippen molar-refractivity contribution in [2.24, 2.45) is 11.8 Å². The molecule has 0 radical (unpaired) electrons. The number of aliphatic hydroxyl groups excluding tert-OH is 1. The highest BCUT2D eigenvalue weighted by Crippen LogP contribution is 2.28. The van der Waals surface area contributed by atoms with E-state index in [1.807, 2.05) is 0 Å². The zero-order valence-electron chi connectivity index (χ0n) is 11.3. The third kappa shape index (κ3) is 5.34. The molecule has 1 nitrogen and oxygen atoms in total. The van der Waals surface area contributed by atoms with E-state index in [1.165, 1.54) is 51.4 Å². The summed E-state index contributed by atoms with van der Waals surface area (Å²) in [5, 5.41) is 10.1. The Bertz CT molecular complexity index is 155. The molecule has 0 amide bonds. The first kappa shape index (κ1) is 14.0. The minimum Gasteiger partial charge on any atom is -0.393 e. The van der Waals surface area contributed by atoms with E-state index >= 15 is 0 Å². The van der Waals surface area contributed by atoms with Crippen LogP contribution < -0.4 is 0 Å². The summed E-state index contributed by atoms with van der Waals surface area (Å²) < 4.78 is 0. The average molecular weight is 226 g/mol. The van der Waals surface area contributed by atoms with Crippen molar-refractivity contribution in [2.75, 3.05) is 0 Å². The molecule has 1 saturated carbocycles. The standard InChI is InChI=1S/C15H30O/c1-3-13(4-2)11-15(16)12-14-9-7-5-6-8-10-14/h13-16H,3-12H2,1-2H3. The molecule has 0 aliphatic heterocycles. The number of hydrogen-bond acceptors (Lipinski definition) is 1. The molecule has 0 aromatic heterocycles. The van der Waals surface area contributed by atoms with Crippen LogP contribution in [0.1, 0.15) is 78.1 Å². The second kappa shape index (κ2) is 8.11. The lowest BCUT2D eigenvalue weighted by atomic mass is 9.88. The van der Waals surface area contributed by atoms with Crippen LogP contribution in [0.5, 0.6) is 0 Å². The third-order valence-electron chi connectivity index (χ3n) is 4.34. The van der Waals surface area contributed by atoms with Crippen LogP contribution in [-0.4, -0.2) is 11.2 Å². The van der Waals surface area contributed by atoms with E-state index in [0.29, 0.717) is 0 Å². The van der Waals surface area contributed by atoms with Crippen LogP contribution in [0.4, 0.5) is 0 Å². The zero-order chi connectivity index (χ0) is 11.8. The molecular weight excluding hydrogens is 196 g/mol. The molecule has 0 saturated heterocycles. The summed E-state index contributed by atoms with van der Waals surface area (Å²) in [6, 6.07) is 0. The van der Waals surface area contributed by atoms with E-state index < -0.39 is 0 Å². The molecule has 1 fully saturated rings. The minimum absolute atomic E-state index is 0.0343. The topological polar surface area (TPSA) is 20.2 Å². The molecule has 0 bridgehead atoms. The van der Waals surface area contributed by atoms with E-state index in [4.69, 9.17) is 0 Å². The van der Waals surface area contributed by atoms with Gasteiger partial charge in [0.2, 0.25) is 0 Å². The quantitative estimate of drug-likeness (QED) is 0.660. The lowest BCUT2D eigenvalue weighted by Gasteiger charge is -2.21. The van der Waals surface area contributed by atoms with Gasteiger partial charge in [0.15, 0.2) is 0 Å². The molecule has 0 aromatic rings. The fourth-order valence-electron chi connectivity index (χ4n) is 3.09. The maximum atomic E-state index is 10.1. The summed E-state index contributed by atoms with van der Waals surface area (Å²) in [5.41, 5.74) is 0. The van der Waals surface area contributed by atoms with Gasteiger partial charge < -0.3 is 5.11 Å². The monoisotopic (exact) mass is 226 g/mol. The van der Waals surface area contributed by atoms with E-state index in [0.717, 1.165) is 24.7 Å². The molecule has 1 heteroatoms. The van der Waals surface area contributed by atoms with Gasteiger partial charge in [0.1, 0.15) is 0 Å². The molecule has 96 valence electrons. The van der Waals surface area contributed by atoms with Gasteiger partial charge in [-0.2, -0.15) is 0 Å². The van der Waals surface area contributed by atoms with Crippen LogP contribution in [0.15, 0.2) is 0 Å². The van der Waals surface area contributed by atoms with Gasteiger partial charge in [-0.05, 0) is 24.7 Å². The highest BCUT2D eigenvalue weighted by Gasteiger charge is 2.18. The molecule has 0 heterocycles. The van der Waals surface area contributed by atoms with Crippen LogP contribution >= 0.6 is 0 Å². The van der Waals surface area contributed by atoms with Gasteiger partial charge in [0.05, 0.1) is 6.10 Å². The van der Waals surface area contributed by atoms with Crippen molar-refractivity contribution in [3.05, 3.63) is 0 Å². The maximum Gasteiger partial charge on any atom is 0.0545 e. The fraction of sp³-hybridized carbons (Fsp3) is 1.00. The Labute approximate surface area is 102 Å². The molecule has 1 aliphatic carbocycles. The van der Waals surface area contributed by atoms with Gasteiger partial charge >= 0.3 is 0 Å². The van der Waals surface area contributed by atoms with Crippen molar-refractivity contribution < 1.29 is 5.11 Å². The third-order valence-corrected chi connectivity index (χ3v) is 4.34. The van der Waals surface area contributed by atoms with Crippen molar-refractivity contribution in [3.63, 3.8) is 0 Å². The molecular formula is C15H30O. The Hall–Kier alpha value is -0.0400. The van der Waals surface area contributed by atoms with Crippen molar-refractivity contribution >= 4 is 0 Å². The Morgan fingerprint density at radius 1 is 1.00 bits per heavy atom. The molecule has 16 heavy (non-hydrogen) atoms. The van der Waals surface area contributed by atoms with E-state index in [-0.39, 0.29) is 6.10 Å². The number of hydrogen-bond donors (Lipinski definition) is 1. The summed E-state index contributed by atoms with van der Waals surface area (Å²) in [4.78, 5) is 0. The van der Waals surface area contributed by atoms with E-state index in [9.17, 15) is 5.11 Å². The largest absolute Gasteiger partial charge is 0.393 e. The van der Waals surface area contributed by atoms with Crippen LogP contribution in [0.25, 0.3) is 0 Å². The Morgan fingerprint density at radius 3 is 2.06 bits per heavy atom. The first-order valence-electron chi connectivity index (χ1n) is 7.44. The highest BCUT2D eigenvalue weighted by atomic mass is 16.3. The smallest absolute Gasteiger partial charge is 0.0545 e. The Morgan fingerprint density at radius 2 is 1.56 bits per heavy atom. The first-order valence-corrected chi connectivity index (χ1v) is 7.44. The van der Waals surface area contributed by atoms with E-state index in [2.05, 4.69) is 13.8 Å². The van der Waals surface area contributed by atoms with Crippen LogP contribution in [0.2, 0.25) is 0 Å². The Kier molecular flexibility index (Phi) is 7.11. The van der Waals surface area contributed by atoms with Crippen LogP contribution in [-0.2, 0) is 0 Å². The predicted molar refractivity (Wildman–Crippen MR) is 70.5 cm³/mol. The first-order chi connectivity index (χ1) is 7.76. The second-order valence-corrected chi connectivity index (χ2v) is 5.67. The van der Waals surface area contributed by atoms with Crippen LogP contribution in [0.3, 0.4) is 0 Å². The van der Waals surface area contributed by atoms with Crippen molar-refractivity contribution in [1.82, 2.24) is 0 Å². The maximum absolute atomic E-state index is 10.1. The van der Waals surface area contributed by atoms with Gasteiger partial charge in [-0.1, -0.05) is 65.2 Å². The SMILES string of the molecule is CCC(CC)CC(O)CC1CCCCCC1. The normalized spacial score (nSPS) is 21.0. The Balaban J connectivity index is 2.23. The van der Waals surface area contributed by atoms with Gasteiger partial charge in [0, 0.05) is 0 Å². The van der Waals surface area contributed by atoms with Gasteiger partial charge in [0.25, 0.3) is 0 Å². The molecule has 0 aromatic carbocycles. The van der Waals surface area contributed by atoms with Crippen LogP contribution in [0, 0.1) is 11.8 Å². The van der Waals surface area contributed by atoms with Crippen molar-refractivity contribution in [1.29, 1.82) is 0 Å². The molecule has 1 aliphatic rings. The predicted octanol–water partition coefficient (Wildman–Crippen LogP) is 4.53. The lowest BCUT2D eigenvalue weighted by molar-refractivity contribution is 0.108. The summed E-state index contributed by atoms with van der Waals surface area (Å²) >= 11 is 0. The summed E-state index contributed by atoms with van der Waals surface area (Å²) in [6.45, 7) is 4.49. The van der Waals surface area contributed by atoms with Gasteiger partial charge in [-0.3, -0.25) is 0 Å². The highest BCUT2D eigenvalue weighted by molar-refractivity contribution is 4.71. The summed E-state index contributed by atoms with van der Waals surface area (Å²) in [6.07, 6.45) is 12.8. The van der Waals surface area contributed by atoms with Crippen molar-refractivity contribution in [2.45, 2.75) is 84.2 Å². The molecule has 1 atom stereocenters. The summed E-state index contributed by atoms with van der Waals surface area (Å²) in [7, 11) is 0. The number of aliphatic hydroxyl groups is 1. The van der Waals surface area contributed by atoms with Gasteiger partial charge in [-0.25, -0.2) is 0 Å². The average Bonchev–Trinajstić information content (AvgIpc) is 2.54. The van der Waals surface area contributed by atoms with E-state index in [1.54, 1.807) is 0 Å². The molecule has 1 unspecified atom stereocenters. The lowest BCUT2D eigenvalue weighted by Crippen LogP contribution is -2.17. The second-order valence-electron chi connectivity index (χ2n) is 5.67. The summed E-state index contributed by atoms with van der Waals surface area (Å²) in [5.74, 6) is 1.55. The minimum atomic E-state index is -0.0343. The molecule has 1 rings (SSSR count). The molecule has 0 spiro atoms. The zero-order valence-corrected chi connectivity index (χ0v) is 11.3. The molecule has 1 N–H and O–H groups in total. The number of rotatable bonds is 6. The van der Waals surface area contributed by atoms with Gasteiger partial charge in [-0.15, -0.1) is 0 Å².